The molecule has 2 rings (SSSR count). The van der Waals surface area contributed by atoms with Gasteiger partial charge in [-0.25, -0.2) is 9.97 Å². The van der Waals surface area contributed by atoms with Crippen LogP contribution in [0.4, 0.5) is 0 Å². The summed E-state index contributed by atoms with van der Waals surface area (Å²) >= 11 is 0. The van der Waals surface area contributed by atoms with Crippen LogP contribution in [0.1, 0.15) is 19.4 Å². The largest absolute Gasteiger partial charge is 0.461 e. The first kappa shape index (κ1) is 12.3. The summed E-state index contributed by atoms with van der Waals surface area (Å²) in [5, 5.41) is 3.34. The lowest BCUT2D eigenvalue weighted by atomic mass is 10.3. The van der Waals surface area contributed by atoms with Gasteiger partial charge >= 0.3 is 6.01 Å². The van der Waals surface area contributed by atoms with Crippen molar-refractivity contribution in [3.8, 4) is 6.01 Å². The lowest BCUT2D eigenvalue weighted by molar-refractivity contribution is 0.219. The molecule has 0 spiro atoms. The topological polar surface area (TPSA) is 50.3 Å². The molecule has 1 N–H and O–H groups in total. The first-order valence-corrected chi connectivity index (χ1v) is 6.14. The Labute approximate surface area is 102 Å². The lowest BCUT2D eigenvalue weighted by Crippen LogP contribution is -2.42. The van der Waals surface area contributed by atoms with E-state index in [0.29, 0.717) is 6.01 Å². The third kappa shape index (κ3) is 3.94. The van der Waals surface area contributed by atoms with E-state index in [-0.39, 0.29) is 6.10 Å². The molecule has 0 saturated carbocycles. The van der Waals surface area contributed by atoms with Gasteiger partial charge < -0.3 is 10.1 Å². The van der Waals surface area contributed by atoms with Gasteiger partial charge in [0.2, 0.25) is 0 Å². The maximum absolute atomic E-state index is 5.41. The second kappa shape index (κ2) is 5.93. The zero-order chi connectivity index (χ0) is 12.1. The molecule has 0 atom stereocenters. The summed E-state index contributed by atoms with van der Waals surface area (Å²) in [7, 11) is 0. The number of piperazine rings is 1. The molecule has 5 nitrogen and oxygen atoms in total. The van der Waals surface area contributed by atoms with Crippen molar-refractivity contribution in [1.29, 1.82) is 0 Å². The molecule has 0 radical (unpaired) electrons. The highest BCUT2D eigenvalue weighted by Gasteiger charge is 2.10. The molecular formula is C12H20N4O. The third-order valence-electron chi connectivity index (χ3n) is 2.64. The average molecular weight is 236 g/mol. The van der Waals surface area contributed by atoms with Crippen LogP contribution in [0.2, 0.25) is 0 Å². The van der Waals surface area contributed by atoms with Gasteiger partial charge in [-0.1, -0.05) is 0 Å². The van der Waals surface area contributed by atoms with E-state index in [9.17, 15) is 0 Å². The van der Waals surface area contributed by atoms with Crippen molar-refractivity contribution in [2.45, 2.75) is 26.5 Å². The van der Waals surface area contributed by atoms with Crippen LogP contribution in [0, 0.1) is 0 Å². The molecule has 1 aliphatic heterocycles. The number of hydrogen-bond acceptors (Lipinski definition) is 5. The Hall–Kier alpha value is -1.20. The van der Waals surface area contributed by atoms with E-state index in [4.69, 9.17) is 4.74 Å². The van der Waals surface area contributed by atoms with Crippen molar-refractivity contribution in [3.05, 3.63) is 18.0 Å². The number of ether oxygens (including phenoxy) is 1. The van der Waals surface area contributed by atoms with Crippen LogP contribution in [0.3, 0.4) is 0 Å². The molecule has 1 fully saturated rings. The molecule has 0 amide bonds. The highest BCUT2D eigenvalue weighted by molar-refractivity contribution is 5.07. The first-order chi connectivity index (χ1) is 8.24. The summed E-state index contributed by atoms with van der Waals surface area (Å²) in [6, 6.07) is 0.462. The minimum absolute atomic E-state index is 0.119. The van der Waals surface area contributed by atoms with Gasteiger partial charge in [0.25, 0.3) is 0 Å². The molecule has 1 aromatic rings. The summed E-state index contributed by atoms with van der Waals surface area (Å²) in [4.78, 5) is 10.8. The highest BCUT2D eigenvalue weighted by Crippen LogP contribution is 2.07. The quantitative estimate of drug-likeness (QED) is 0.832. The highest BCUT2D eigenvalue weighted by atomic mass is 16.5. The smallest absolute Gasteiger partial charge is 0.316 e. The monoisotopic (exact) mass is 236 g/mol. The van der Waals surface area contributed by atoms with Crippen molar-refractivity contribution in [3.63, 3.8) is 0 Å². The van der Waals surface area contributed by atoms with E-state index in [1.807, 2.05) is 26.2 Å². The zero-order valence-electron chi connectivity index (χ0n) is 10.5. The Morgan fingerprint density at radius 2 is 1.94 bits per heavy atom. The number of nitrogens with zero attached hydrogens (tertiary/aromatic N) is 3. The van der Waals surface area contributed by atoms with Crippen LogP contribution >= 0.6 is 0 Å². The van der Waals surface area contributed by atoms with Crippen molar-refractivity contribution >= 4 is 0 Å². The molecule has 94 valence electrons. The molecular weight excluding hydrogens is 216 g/mol. The average Bonchev–Trinajstić information content (AvgIpc) is 2.32. The number of nitrogens with one attached hydrogen (secondary N) is 1. The van der Waals surface area contributed by atoms with Crippen LogP contribution in [0.5, 0.6) is 6.01 Å². The van der Waals surface area contributed by atoms with E-state index < -0.39 is 0 Å². The summed E-state index contributed by atoms with van der Waals surface area (Å²) in [6.07, 6.45) is 3.83. The number of rotatable bonds is 4. The van der Waals surface area contributed by atoms with Crippen LogP contribution in [-0.2, 0) is 6.54 Å². The molecule has 1 aliphatic rings. The molecule has 0 aromatic carbocycles. The van der Waals surface area contributed by atoms with Gasteiger partial charge in [0, 0.05) is 50.7 Å². The van der Waals surface area contributed by atoms with Crippen molar-refractivity contribution in [2.24, 2.45) is 0 Å². The number of hydrogen-bond donors (Lipinski definition) is 1. The molecule has 2 heterocycles. The minimum Gasteiger partial charge on any atom is -0.461 e. The van der Waals surface area contributed by atoms with Crippen molar-refractivity contribution in [2.75, 3.05) is 26.2 Å². The van der Waals surface area contributed by atoms with Gasteiger partial charge in [-0.3, -0.25) is 4.90 Å². The molecule has 1 aromatic heterocycles. The Kier molecular flexibility index (Phi) is 4.28. The van der Waals surface area contributed by atoms with E-state index in [1.54, 1.807) is 0 Å². The normalized spacial score (nSPS) is 17.4. The Bertz CT molecular complexity index is 333. The zero-order valence-corrected chi connectivity index (χ0v) is 10.5. The summed E-state index contributed by atoms with van der Waals surface area (Å²) in [6.45, 7) is 9.17. The third-order valence-corrected chi connectivity index (χ3v) is 2.64. The molecule has 1 saturated heterocycles. The summed E-state index contributed by atoms with van der Waals surface area (Å²) in [5.41, 5.74) is 1.14. The fourth-order valence-electron chi connectivity index (χ4n) is 1.82. The molecule has 5 heteroatoms. The fraction of sp³-hybridized carbons (Fsp3) is 0.667. The number of aromatic nitrogens is 2. The van der Waals surface area contributed by atoms with Gasteiger partial charge in [0.05, 0.1) is 6.10 Å². The van der Waals surface area contributed by atoms with Gasteiger partial charge in [-0.2, -0.15) is 0 Å². The van der Waals surface area contributed by atoms with Gasteiger partial charge in [-0.05, 0) is 13.8 Å². The molecule has 0 bridgehead atoms. The first-order valence-electron chi connectivity index (χ1n) is 6.14. The second-order valence-corrected chi connectivity index (χ2v) is 4.57. The summed E-state index contributed by atoms with van der Waals surface area (Å²) < 4.78 is 5.41. The Morgan fingerprint density at radius 3 is 2.53 bits per heavy atom. The maximum atomic E-state index is 5.41. The maximum Gasteiger partial charge on any atom is 0.316 e. The second-order valence-electron chi connectivity index (χ2n) is 4.57. The summed E-state index contributed by atoms with van der Waals surface area (Å²) in [5.74, 6) is 0. The van der Waals surface area contributed by atoms with Gasteiger partial charge in [0.15, 0.2) is 0 Å². The standard InChI is InChI=1S/C12H20N4O/c1-10(2)17-12-14-7-11(8-15-12)9-16-5-3-13-4-6-16/h7-8,10,13H,3-6,9H2,1-2H3. The van der Waals surface area contributed by atoms with E-state index in [0.717, 1.165) is 38.3 Å². The van der Waals surface area contributed by atoms with Gasteiger partial charge in [-0.15, -0.1) is 0 Å². The van der Waals surface area contributed by atoms with Crippen LogP contribution < -0.4 is 10.1 Å². The SMILES string of the molecule is CC(C)Oc1ncc(CN2CCNCC2)cn1. The van der Waals surface area contributed by atoms with E-state index >= 15 is 0 Å². The minimum atomic E-state index is 0.119. The molecule has 0 unspecified atom stereocenters. The lowest BCUT2D eigenvalue weighted by Gasteiger charge is -2.26. The predicted octanol–water partition coefficient (Wildman–Crippen LogP) is 0.669. The van der Waals surface area contributed by atoms with Crippen LogP contribution in [0.15, 0.2) is 12.4 Å². The van der Waals surface area contributed by atoms with Gasteiger partial charge in [0.1, 0.15) is 0 Å². The predicted molar refractivity (Wildman–Crippen MR) is 65.9 cm³/mol. The molecule has 17 heavy (non-hydrogen) atoms. The Balaban J connectivity index is 1.88. The van der Waals surface area contributed by atoms with Crippen molar-refractivity contribution in [1.82, 2.24) is 20.2 Å². The van der Waals surface area contributed by atoms with Crippen LogP contribution in [-0.4, -0.2) is 47.2 Å². The van der Waals surface area contributed by atoms with Crippen LogP contribution in [0.25, 0.3) is 0 Å². The van der Waals surface area contributed by atoms with Crippen molar-refractivity contribution < 1.29 is 4.74 Å². The van der Waals surface area contributed by atoms with E-state index in [2.05, 4.69) is 20.2 Å². The Morgan fingerprint density at radius 1 is 1.29 bits per heavy atom. The molecule has 0 aliphatic carbocycles. The fourth-order valence-corrected chi connectivity index (χ4v) is 1.82. The van der Waals surface area contributed by atoms with E-state index in [1.165, 1.54) is 0 Å².